The molecule has 3 heterocycles. The molecule has 0 aliphatic carbocycles. The van der Waals surface area contributed by atoms with Gasteiger partial charge in [-0.05, 0) is 13.8 Å². The maximum absolute atomic E-state index is 13.9. The van der Waals surface area contributed by atoms with E-state index in [9.17, 15) is 13.6 Å². The summed E-state index contributed by atoms with van der Waals surface area (Å²) in [4.78, 5) is 17.8. The van der Waals surface area contributed by atoms with Gasteiger partial charge in [-0.15, -0.1) is 0 Å². The third kappa shape index (κ3) is 3.53. The third-order valence-electron chi connectivity index (χ3n) is 4.14. The number of rotatable bonds is 5. The first-order valence-corrected chi connectivity index (χ1v) is 7.71. The number of alkyl halides is 2. The number of aryl methyl sites for hydroxylation is 2. The van der Waals surface area contributed by atoms with Gasteiger partial charge in [0.1, 0.15) is 18.4 Å². The number of ether oxygens (including phenoxy) is 1. The van der Waals surface area contributed by atoms with E-state index in [1.54, 1.807) is 13.8 Å². The fraction of sp³-hybridized carbons (Fsp3) is 0.600. The average Bonchev–Trinajstić information content (AvgIpc) is 3.21. The van der Waals surface area contributed by atoms with Gasteiger partial charge in [0, 0.05) is 19.1 Å². The van der Waals surface area contributed by atoms with Crippen LogP contribution in [0.1, 0.15) is 41.2 Å². The number of methoxy groups -OCH3 is 1. The summed E-state index contributed by atoms with van der Waals surface area (Å²) >= 11 is 0. The van der Waals surface area contributed by atoms with Crippen LogP contribution in [0.15, 0.2) is 9.05 Å². The first-order chi connectivity index (χ1) is 11.8. The Balaban J connectivity index is 1.82. The molecule has 8 nitrogen and oxygen atoms in total. The number of hydrogen-bond donors (Lipinski definition) is 0. The van der Waals surface area contributed by atoms with Gasteiger partial charge in [0.05, 0.1) is 18.7 Å². The molecule has 136 valence electrons. The second-order valence-corrected chi connectivity index (χ2v) is 6.06. The lowest BCUT2D eigenvalue weighted by Crippen LogP contribution is -2.34. The van der Waals surface area contributed by atoms with Crippen LogP contribution in [0.5, 0.6) is 0 Å². The molecule has 10 heteroatoms. The largest absolute Gasteiger partial charge is 0.377 e. The number of carbonyl (C=O) groups is 1. The molecule has 0 spiro atoms. The van der Waals surface area contributed by atoms with Gasteiger partial charge in [0.25, 0.3) is 5.92 Å². The van der Waals surface area contributed by atoms with E-state index < -0.39 is 30.8 Å². The van der Waals surface area contributed by atoms with Crippen LogP contribution in [0, 0.1) is 13.8 Å². The molecule has 1 fully saturated rings. The highest BCUT2D eigenvalue weighted by atomic mass is 19.3. The van der Waals surface area contributed by atoms with Crippen molar-refractivity contribution >= 4 is 5.91 Å². The third-order valence-corrected chi connectivity index (χ3v) is 4.14. The highest BCUT2D eigenvalue weighted by Crippen LogP contribution is 2.40. The predicted octanol–water partition coefficient (Wildman–Crippen LogP) is 1.97. The van der Waals surface area contributed by atoms with Crippen molar-refractivity contribution in [2.75, 3.05) is 13.7 Å². The summed E-state index contributed by atoms with van der Waals surface area (Å²) in [5.74, 6) is -2.77. The second kappa shape index (κ2) is 6.51. The maximum atomic E-state index is 13.9. The smallest absolute Gasteiger partial charge is 0.267 e. The van der Waals surface area contributed by atoms with Gasteiger partial charge in [-0.25, -0.2) is 8.78 Å². The molecule has 0 bridgehead atoms. The Morgan fingerprint density at radius 1 is 1.36 bits per heavy atom. The molecule has 1 aliphatic rings. The van der Waals surface area contributed by atoms with Crippen LogP contribution in [0.2, 0.25) is 0 Å². The van der Waals surface area contributed by atoms with Gasteiger partial charge < -0.3 is 18.7 Å². The Morgan fingerprint density at radius 2 is 2.12 bits per heavy atom. The van der Waals surface area contributed by atoms with Crippen molar-refractivity contribution in [3.63, 3.8) is 0 Å². The molecule has 25 heavy (non-hydrogen) atoms. The SMILES string of the molecule is COCc1noc([C@@H]2CC(F)(F)CN2C(=O)Cc2c(C)noc2C)n1. The van der Waals surface area contributed by atoms with Crippen molar-refractivity contribution in [2.24, 2.45) is 0 Å². The van der Waals surface area contributed by atoms with Crippen molar-refractivity contribution in [1.29, 1.82) is 0 Å². The van der Waals surface area contributed by atoms with E-state index in [0.717, 1.165) is 4.90 Å². The fourth-order valence-electron chi connectivity index (χ4n) is 2.90. The topological polar surface area (TPSA) is 94.5 Å². The normalized spacial score (nSPS) is 19.6. The Hall–Kier alpha value is -2.36. The molecule has 1 atom stereocenters. The fourth-order valence-corrected chi connectivity index (χ4v) is 2.90. The quantitative estimate of drug-likeness (QED) is 0.808. The van der Waals surface area contributed by atoms with Crippen LogP contribution in [-0.4, -0.2) is 45.7 Å². The van der Waals surface area contributed by atoms with Crippen molar-refractivity contribution in [2.45, 2.75) is 45.3 Å². The summed E-state index contributed by atoms with van der Waals surface area (Å²) in [7, 11) is 1.46. The molecule has 0 saturated carbocycles. The predicted molar refractivity (Wildman–Crippen MR) is 78.7 cm³/mol. The van der Waals surface area contributed by atoms with Gasteiger partial charge >= 0.3 is 0 Å². The summed E-state index contributed by atoms with van der Waals surface area (Å²) < 4.78 is 42.8. The molecule has 2 aromatic heterocycles. The summed E-state index contributed by atoms with van der Waals surface area (Å²) in [5.41, 5.74) is 1.16. The Morgan fingerprint density at radius 3 is 2.76 bits per heavy atom. The van der Waals surface area contributed by atoms with Crippen LogP contribution in [0.25, 0.3) is 0 Å². The lowest BCUT2D eigenvalue weighted by molar-refractivity contribution is -0.133. The van der Waals surface area contributed by atoms with Gasteiger partial charge in [-0.3, -0.25) is 4.79 Å². The molecule has 1 amide bonds. The molecule has 1 saturated heterocycles. The van der Waals surface area contributed by atoms with Crippen molar-refractivity contribution in [3.8, 4) is 0 Å². The molecule has 2 aromatic rings. The molecule has 1 aliphatic heterocycles. The highest BCUT2D eigenvalue weighted by molar-refractivity contribution is 5.80. The Kier molecular flexibility index (Phi) is 4.55. The summed E-state index contributed by atoms with van der Waals surface area (Å²) in [6.45, 7) is 2.78. The first kappa shape index (κ1) is 17.5. The number of nitrogens with zero attached hydrogens (tertiary/aromatic N) is 4. The van der Waals surface area contributed by atoms with Crippen LogP contribution >= 0.6 is 0 Å². The minimum absolute atomic E-state index is 0.0173. The first-order valence-electron chi connectivity index (χ1n) is 7.71. The highest BCUT2D eigenvalue weighted by Gasteiger charge is 2.49. The average molecular weight is 356 g/mol. The zero-order valence-electron chi connectivity index (χ0n) is 14.1. The van der Waals surface area contributed by atoms with Gasteiger partial charge in [0.2, 0.25) is 11.8 Å². The summed E-state index contributed by atoms with van der Waals surface area (Å²) in [5, 5.41) is 7.45. The molecular formula is C15H18F2N4O4. The zero-order valence-corrected chi connectivity index (χ0v) is 14.1. The van der Waals surface area contributed by atoms with E-state index >= 15 is 0 Å². The van der Waals surface area contributed by atoms with Crippen LogP contribution in [-0.2, 0) is 22.6 Å². The molecular weight excluding hydrogens is 338 g/mol. The maximum Gasteiger partial charge on any atom is 0.267 e. The van der Waals surface area contributed by atoms with E-state index in [4.69, 9.17) is 13.8 Å². The Bertz CT molecular complexity index is 754. The van der Waals surface area contributed by atoms with Crippen molar-refractivity contribution in [3.05, 3.63) is 28.7 Å². The van der Waals surface area contributed by atoms with E-state index in [1.165, 1.54) is 7.11 Å². The van der Waals surface area contributed by atoms with Gasteiger partial charge in [0.15, 0.2) is 5.82 Å². The number of aromatic nitrogens is 3. The number of carbonyl (C=O) groups excluding carboxylic acids is 1. The minimum Gasteiger partial charge on any atom is -0.377 e. The van der Waals surface area contributed by atoms with Gasteiger partial charge in [-0.2, -0.15) is 4.98 Å². The number of halogens is 2. The lowest BCUT2D eigenvalue weighted by atomic mass is 10.1. The molecule has 0 unspecified atom stereocenters. The van der Waals surface area contributed by atoms with E-state index in [1.807, 2.05) is 0 Å². The van der Waals surface area contributed by atoms with E-state index in [-0.39, 0.29) is 24.7 Å². The number of amides is 1. The zero-order chi connectivity index (χ0) is 18.2. The standard InChI is InChI=1S/C15H18F2N4O4/c1-8-10(9(2)24-19-8)4-13(22)21-7-15(16,17)5-11(21)14-18-12(6-23-3)20-25-14/h11H,4-7H2,1-3H3/t11-/m0/s1. The van der Waals surface area contributed by atoms with Crippen LogP contribution in [0.3, 0.4) is 0 Å². The van der Waals surface area contributed by atoms with Crippen LogP contribution in [0.4, 0.5) is 8.78 Å². The number of hydrogen-bond acceptors (Lipinski definition) is 7. The van der Waals surface area contributed by atoms with Crippen molar-refractivity contribution in [1.82, 2.24) is 20.2 Å². The monoisotopic (exact) mass is 356 g/mol. The molecule has 0 radical (unpaired) electrons. The molecule has 0 aromatic carbocycles. The van der Waals surface area contributed by atoms with Gasteiger partial charge in [-0.1, -0.05) is 10.3 Å². The number of likely N-dealkylation sites (tertiary alicyclic amines) is 1. The summed E-state index contributed by atoms with van der Waals surface area (Å²) in [6, 6.07) is -0.971. The van der Waals surface area contributed by atoms with E-state index in [2.05, 4.69) is 15.3 Å². The Labute approximate surface area is 142 Å². The van der Waals surface area contributed by atoms with E-state index in [0.29, 0.717) is 17.0 Å². The molecule has 3 rings (SSSR count). The second-order valence-electron chi connectivity index (χ2n) is 6.06. The lowest BCUT2D eigenvalue weighted by Gasteiger charge is -2.21. The minimum atomic E-state index is -3.02. The van der Waals surface area contributed by atoms with Crippen molar-refractivity contribution < 1.29 is 27.4 Å². The van der Waals surface area contributed by atoms with Crippen LogP contribution < -0.4 is 0 Å². The summed E-state index contributed by atoms with van der Waals surface area (Å²) in [6.07, 6.45) is -0.637. The molecule has 0 N–H and O–H groups in total.